The van der Waals surface area contributed by atoms with E-state index in [-0.39, 0.29) is 0 Å². The average Bonchev–Trinajstić information content (AvgIpc) is 3.04. The largest absolute Gasteiger partial charge is 0.195 e. The molecule has 0 aliphatic heterocycles. The highest BCUT2D eigenvalue weighted by molar-refractivity contribution is 7.75. The zero-order valence-electron chi connectivity index (χ0n) is 25.6. The molecule has 0 N–H and O–H groups in total. The molecule has 0 fully saturated rings. The molecule has 4 rings (SSSR count). The van der Waals surface area contributed by atoms with Crippen LogP contribution in [0.25, 0.3) is 0 Å². The number of benzene rings is 4. The fourth-order valence-corrected chi connectivity index (χ4v) is 9.68. The predicted molar refractivity (Wildman–Crippen MR) is 187 cm³/mol. The van der Waals surface area contributed by atoms with Crippen molar-refractivity contribution in [1.82, 2.24) is 0 Å². The quantitative estimate of drug-likeness (QED) is 0.0839. The molecule has 0 atom stereocenters. The van der Waals surface area contributed by atoms with Crippen molar-refractivity contribution in [3.63, 3.8) is 0 Å². The lowest BCUT2D eigenvalue weighted by molar-refractivity contribution is 0.625. The maximum Gasteiger partial charge on any atom is 0.108 e. The van der Waals surface area contributed by atoms with Gasteiger partial charge in [0.1, 0.15) is 6.15 Å². The van der Waals surface area contributed by atoms with E-state index in [2.05, 4.69) is 149 Å². The zero-order chi connectivity index (χ0) is 28.5. The average molecular weight is 551 g/mol. The molecule has 2 heteroatoms. The molecular weight excluding hydrogens is 498 g/mol. The summed E-state index contributed by atoms with van der Waals surface area (Å²) in [4.78, 5) is 0. The van der Waals surface area contributed by atoms with E-state index >= 15 is 0 Å². The molecule has 0 saturated carbocycles. The van der Waals surface area contributed by atoms with Gasteiger partial charge in [0.2, 0.25) is 0 Å². The SMILES string of the molecule is CCCCCCCC[P+](CC)(CC)CC.c1ccc([B-](c2ccccc2)(c2ccccc2)c2ccccc2)cc1. The predicted octanol–water partition coefficient (Wildman–Crippen LogP) is 8.49. The summed E-state index contributed by atoms with van der Waals surface area (Å²) in [5.41, 5.74) is 5.36. The van der Waals surface area contributed by atoms with Gasteiger partial charge in [-0.1, -0.05) is 154 Å². The van der Waals surface area contributed by atoms with Crippen molar-refractivity contribution >= 4 is 35.3 Å². The van der Waals surface area contributed by atoms with Crippen molar-refractivity contribution in [3.05, 3.63) is 121 Å². The van der Waals surface area contributed by atoms with E-state index in [9.17, 15) is 0 Å². The molecule has 0 aliphatic rings. The Kier molecular flexibility index (Phi) is 13.8. The molecule has 40 heavy (non-hydrogen) atoms. The minimum atomic E-state index is -1.22. The second-order valence-electron chi connectivity index (χ2n) is 11.3. The van der Waals surface area contributed by atoms with Crippen LogP contribution >= 0.6 is 7.26 Å². The van der Waals surface area contributed by atoms with Crippen LogP contribution in [-0.2, 0) is 0 Å². The summed E-state index contributed by atoms with van der Waals surface area (Å²) in [6, 6.07) is 43.5. The standard InChI is InChI=1S/C24H20B.C14H32P/c1-5-13-21(14-6-1)25(22-15-7-2-8-16-22,23-17-9-3-10-18-23)24-19-11-4-12-20-24;1-5-9-10-11-12-13-14-15(6-2,7-3)8-4/h1-20H;5-14H2,1-4H3/q-1;+1. The molecule has 4 aromatic carbocycles. The van der Waals surface area contributed by atoms with Gasteiger partial charge in [0.05, 0.1) is 24.6 Å². The fraction of sp³-hybridized carbons (Fsp3) is 0.368. The lowest BCUT2D eigenvalue weighted by atomic mass is 9.13. The third-order valence-corrected chi connectivity index (χ3v) is 14.5. The Balaban J connectivity index is 0.000000255. The Morgan fingerprint density at radius 2 is 0.700 bits per heavy atom. The van der Waals surface area contributed by atoms with Gasteiger partial charge < -0.3 is 0 Å². The molecule has 0 spiro atoms. The Hall–Kier alpha value is -2.63. The molecule has 0 radical (unpaired) electrons. The molecule has 212 valence electrons. The van der Waals surface area contributed by atoms with Crippen LogP contribution in [0.2, 0.25) is 0 Å². The summed E-state index contributed by atoms with van der Waals surface area (Å²) in [6.45, 7) is 9.54. The monoisotopic (exact) mass is 550 g/mol. The topological polar surface area (TPSA) is 0 Å². The number of unbranched alkanes of at least 4 members (excludes halogenated alkanes) is 5. The second-order valence-corrected chi connectivity index (χ2v) is 16.3. The first-order valence-corrected chi connectivity index (χ1v) is 18.4. The van der Waals surface area contributed by atoms with Crippen LogP contribution in [-0.4, -0.2) is 30.8 Å². The summed E-state index contributed by atoms with van der Waals surface area (Å²) in [6.07, 6.45) is 13.5. The van der Waals surface area contributed by atoms with E-state index in [4.69, 9.17) is 0 Å². The van der Waals surface area contributed by atoms with Crippen LogP contribution in [0.15, 0.2) is 121 Å². The highest BCUT2D eigenvalue weighted by Crippen LogP contribution is 2.58. The number of hydrogen-bond donors (Lipinski definition) is 0. The molecule has 0 nitrogen and oxygen atoms in total. The van der Waals surface area contributed by atoms with Gasteiger partial charge in [-0.3, -0.25) is 0 Å². The van der Waals surface area contributed by atoms with Crippen molar-refractivity contribution in [2.75, 3.05) is 24.6 Å². The van der Waals surface area contributed by atoms with Crippen molar-refractivity contribution in [2.45, 2.75) is 66.2 Å². The Bertz CT molecular complexity index is 1000. The van der Waals surface area contributed by atoms with Gasteiger partial charge in [0.15, 0.2) is 0 Å². The molecular formula is C38H52BP. The molecule has 0 aromatic heterocycles. The van der Waals surface area contributed by atoms with Gasteiger partial charge in [0, 0.05) is 7.26 Å². The smallest absolute Gasteiger partial charge is 0.108 e. The van der Waals surface area contributed by atoms with Crippen LogP contribution in [0.4, 0.5) is 0 Å². The zero-order valence-corrected chi connectivity index (χ0v) is 26.5. The van der Waals surface area contributed by atoms with Crippen molar-refractivity contribution in [1.29, 1.82) is 0 Å². The summed E-state index contributed by atoms with van der Waals surface area (Å²) in [5, 5.41) is 0. The molecule has 0 amide bonds. The van der Waals surface area contributed by atoms with Crippen LogP contribution in [0, 0.1) is 0 Å². The molecule has 4 aromatic rings. The van der Waals surface area contributed by atoms with Gasteiger partial charge in [-0.15, -0.1) is 0 Å². The lowest BCUT2D eigenvalue weighted by Crippen LogP contribution is -2.74. The third-order valence-electron chi connectivity index (χ3n) is 9.20. The maximum atomic E-state index is 2.41. The Labute approximate surface area is 246 Å². The molecule has 0 saturated heterocycles. The van der Waals surface area contributed by atoms with Gasteiger partial charge in [0.25, 0.3) is 0 Å². The minimum absolute atomic E-state index is 0.494. The van der Waals surface area contributed by atoms with Gasteiger partial charge in [-0.2, -0.15) is 21.9 Å². The first-order valence-electron chi connectivity index (χ1n) is 15.9. The summed E-state index contributed by atoms with van der Waals surface area (Å²) in [5.74, 6) is 0. The first-order chi connectivity index (χ1) is 19.7. The molecule has 0 bridgehead atoms. The van der Waals surface area contributed by atoms with Crippen LogP contribution in [0.1, 0.15) is 66.2 Å². The minimum Gasteiger partial charge on any atom is -0.195 e. The lowest BCUT2D eigenvalue weighted by Gasteiger charge is -2.44. The van der Waals surface area contributed by atoms with E-state index in [0.29, 0.717) is 0 Å². The fourth-order valence-electron chi connectivity index (χ4n) is 6.49. The summed E-state index contributed by atoms with van der Waals surface area (Å²) in [7, 11) is -0.494. The van der Waals surface area contributed by atoms with E-state index in [1.54, 1.807) is 6.16 Å². The van der Waals surface area contributed by atoms with Crippen LogP contribution in [0.5, 0.6) is 0 Å². The second kappa shape index (κ2) is 17.2. The summed E-state index contributed by atoms with van der Waals surface area (Å²) < 4.78 is 0. The van der Waals surface area contributed by atoms with Gasteiger partial charge >= 0.3 is 0 Å². The molecule has 0 aliphatic carbocycles. The van der Waals surface area contributed by atoms with Gasteiger partial charge in [-0.05, 0) is 33.6 Å². The maximum absolute atomic E-state index is 2.41. The molecule has 0 heterocycles. The van der Waals surface area contributed by atoms with Crippen molar-refractivity contribution in [2.24, 2.45) is 0 Å². The number of hydrogen-bond acceptors (Lipinski definition) is 0. The summed E-state index contributed by atoms with van der Waals surface area (Å²) >= 11 is 0. The highest BCUT2D eigenvalue weighted by Gasteiger charge is 2.31. The number of rotatable bonds is 14. The van der Waals surface area contributed by atoms with Crippen molar-refractivity contribution in [3.8, 4) is 0 Å². The van der Waals surface area contributed by atoms with E-state index in [1.165, 1.54) is 78.9 Å². The van der Waals surface area contributed by atoms with Crippen LogP contribution in [0.3, 0.4) is 0 Å². The van der Waals surface area contributed by atoms with Crippen molar-refractivity contribution < 1.29 is 0 Å². The van der Waals surface area contributed by atoms with Crippen LogP contribution < -0.4 is 21.9 Å². The molecule has 0 unspecified atom stereocenters. The van der Waals surface area contributed by atoms with Gasteiger partial charge in [-0.25, -0.2) is 0 Å². The van der Waals surface area contributed by atoms with E-state index in [1.807, 2.05) is 0 Å². The normalized spacial score (nSPS) is 11.5. The highest BCUT2D eigenvalue weighted by atomic mass is 31.2. The Morgan fingerprint density at radius 3 is 1.00 bits per heavy atom. The van der Waals surface area contributed by atoms with E-state index < -0.39 is 13.4 Å². The first kappa shape index (κ1) is 31.9. The Morgan fingerprint density at radius 1 is 0.400 bits per heavy atom. The van der Waals surface area contributed by atoms with E-state index in [0.717, 1.165) is 0 Å². The third kappa shape index (κ3) is 8.21.